The Morgan fingerprint density at radius 2 is 2.00 bits per heavy atom. The van der Waals surface area contributed by atoms with Gasteiger partial charge in [-0.05, 0) is 32.0 Å². The standard InChI is InChI=1S/C16H18F3NO2/c1-15(2,16(3,18)19)14(21)20-8-10-7-12(20)11-6-9(17)4-5-13(11)22-10/h4-6,10,12H,7-8H2,1-3H3/t10-,12-/m0/s1. The Hall–Kier alpha value is -1.72. The minimum absolute atomic E-state index is 0.229. The smallest absolute Gasteiger partial charge is 0.259 e. The third-order valence-corrected chi connectivity index (χ3v) is 4.78. The van der Waals surface area contributed by atoms with E-state index in [9.17, 15) is 18.0 Å². The van der Waals surface area contributed by atoms with Crippen LogP contribution in [0.1, 0.15) is 38.8 Å². The number of rotatable bonds is 2. The van der Waals surface area contributed by atoms with E-state index in [0.717, 1.165) is 6.92 Å². The topological polar surface area (TPSA) is 29.5 Å². The van der Waals surface area contributed by atoms with Gasteiger partial charge in [-0.2, -0.15) is 0 Å². The van der Waals surface area contributed by atoms with Crippen molar-refractivity contribution in [1.29, 1.82) is 0 Å². The summed E-state index contributed by atoms with van der Waals surface area (Å²) in [5.41, 5.74) is -1.27. The number of nitrogens with zero attached hydrogens (tertiary/aromatic N) is 1. The summed E-state index contributed by atoms with van der Waals surface area (Å²) >= 11 is 0. The molecule has 3 nitrogen and oxygen atoms in total. The molecule has 1 fully saturated rings. The van der Waals surface area contributed by atoms with Crippen molar-refractivity contribution >= 4 is 5.91 Å². The largest absolute Gasteiger partial charge is 0.488 e. The number of amides is 1. The molecule has 0 aromatic heterocycles. The molecular weight excluding hydrogens is 295 g/mol. The van der Waals surface area contributed by atoms with Crippen LogP contribution in [0.5, 0.6) is 5.75 Å². The zero-order valence-electron chi connectivity index (χ0n) is 12.7. The summed E-state index contributed by atoms with van der Waals surface area (Å²) in [5, 5.41) is 0. The third kappa shape index (κ3) is 2.16. The lowest BCUT2D eigenvalue weighted by Crippen LogP contribution is -2.49. The highest BCUT2D eigenvalue weighted by atomic mass is 19.3. The van der Waals surface area contributed by atoms with Crippen LogP contribution in [0, 0.1) is 11.2 Å². The van der Waals surface area contributed by atoms with Gasteiger partial charge in [-0.15, -0.1) is 0 Å². The molecule has 2 aliphatic rings. The van der Waals surface area contributed by atoms with Gasteiger partial charge in [0, 0.05) is 18.9 Å². The first kappa shape index (κ1) is 15.2. The molecule has 2 heterocycles. The Morgan fingerprint density at radius 1 is 1.32 bits per heavy atom. The minimum atomic E-state index is -3.15. The Balaban J connectivity index is 1.96. The first-order valence-corrected chi connectivity index (χ1v) is 7.26. The van der Waals surface area contributed by atoms with Gasteiger partial charge in [-0.25, -0.2) is 13.2 Å². The van der Waals surface area contributed by atoms with Crippen molar-refractivity contribution in [2.75, 3.05) is 6.54 Å². The maximum absolute atomic E-state index is 13.8. The lowest BCUT2D eigenvalue weighted by atomic mass is 9.84. The van der Waals surface area contributed by atoms with E-state index in [0.29, 0.717) is 17.7 Å². The van der Waals surface area contributed by atoms with E-state index in [1.807, 2.05) is 0 Å². The Kier molecular flexibility index (Phi) is 3.20. The maximum Gasteiger partial charge on any atom is 0.259 e. The molecule has 1 saturated heterocycles. The monoisotopic (exact) mass is 313 g/mol. The van der Waals surface area contributed by atoms with E-state index in [2.05, 4.69) is 0 Å². The van der Waals surface area contributed by atoms with Crippen molar-refractivity contribution < 1.29 is 22.7 Å². The van der Waals surface area contributed by atoms with Gasteiger partial charge in [0.2, 0.25) is 5.91 Å². The fourth-order valence-electron chi connectivity index (χ4n) is 3.02. The molecule has 0 saturated carbocycles. The molecule has 0 N–H and O–H groups in total. The summed E-state index contributed by atoms with van der Waals surface area (Å²) < 4.78 is 46.7. The minimum Gasteiger partial charge on any atom is -0.488 e. The second kappa shape index (κ2) is 4.64. The van der Waals surface area contributed by atoms with Crippen LogP contribution in [-0.4, -0.2) is 29.4 Å². The van der Waals surface area contributed by atoms with Crippen LogP contribution in [0.25, 0.3) is 0 Å². The van der Waals surface area contributed by atoms with Gasteiger partial charge < -0.3 is 9.64 Å². The van der Waals surface area contributed by atoms with Crippen molar-refractivity contribution in [2.24, 2.45) is 5.41 Å². The third-order valence-electron chi connectivity index (χ3n) is 4.78. The lowest BCUT2D eigenvalue weighted by Gasteiger charge is -2.36. The normalized spacial score (nSPS) is 24.0. The summed E-state index contributed by atoms with van der Waals surface area (Å²) in [6.45, 7) is 3.48. The molecule has 1 aromatic rings. The molecule has 1 aromatic carbocycles. The van der Waals surface area contributed by atoms with E-state index in [1.54, 1.807) is 0 Å². The average molecular weight is 313 g/mol. The van der Waals surface area contributed by atoms with Crippen molar-refractivity contribution in [3.63, 3.8) is 0 Å². The predicted molar refractivity (Wildman–Crippen MR) is 74.3 cm³/mol. The van der Waals surface area contributed by atoms with Crippen LogP contribution in [-0.2, 0) is 4.79 Å². The van der Waals surface area contributed by atoms with Crippen molar-refractivity contribution in [3.8, 4) is 5.75 Å². The first-order valence-electron chi connectivity index (χ1n) is 7.26. The number of carbonyl (C=O) groups is 1. The number of ether oxygens (including phenoxy) is 1. The fourth-order valence-corrected chi connectivity index (χ4v) is 3.02. The Labute approximate surface area is 127 Å². The first-order chi connectivity index (χ1) is 10.1. The SMILES string of the molecule is CC(F)(F)C(C)(C)C(=O)N1C[C@@H]2C[C@H]1c1cc(F)ccc1O2. The Bertz CT molecular complexity index is 624. The van der Waals surface area contributed by atoms with Gasteiger partial charge in [0.15, 0.2) is 0 Å². The van der Waals surface area contributed by atoms with Crippen LogP contribution < -0.4 is 4.74 Å². The van der Waals surface area contributed by atoms with Crippen LogP contribution >= 0.6 is 0 Å². The summed E-state index contributed by atoms with van der Waals surface area (Å²) in [7, 11) is 0. The summed E-state index contributed by atoms with van der Waals surface area (Å²) in [6, 6.07) is 3.73. The van der Waals surface area contributed by atoms with Crippen molar-refractivity contribution in [2.45, 2.75) is 45.3 Å². The van der Waals surface area contributed by atoms with Crippen LogP contribution in [0.3, 0.4) is 0 Å². The molecule has 3 rings (SSSR count). The van der Waals surface area contributed by atoms with Gasteiger partial charge in [-0.1, -0.05) is 0 Å². The van der Waals surface area contributed by atoms with E-state index in [4.69, 9.17) is 4.74 Å². The highest BCUT2D eigenvalue weighted by Gasteiger charge is 2.53. The molecule has 2 aliphatic heterocycles. The number of hydrogen-bond acceptors (Lipinski definition) is 2. The van der Waals surface area contributed by atoms with Crippen LogP contribution in [0.15, 0.2) is 18.2 Å². The number of halogens is 3. The van der Waals surface area contributed by atoms with E-state index >= 15 is 0 Å². The van der Waals surface area contributed by atoms with E-state index in [-0.39, 0.29) is 12.6 Å². The molecule has 0 radical (unpaired) electrons. The summed E-state index contributed by atoms with van der Waals surface area (Å²) in [5.74, 6) is -3.68. The van der Waals surface area contributed by atoms with Gasteiger partial charge >= 0.3 is 0 Å². The van der Waals surface area contributed by atoms with Gasteiger partial charge in [-0.3, -0.25) is 4.79 Å². The summed E-state index contributed by atoms with van der Waals surface area (Å²) in [6.07, 6.45) is 0.279. The van der Waals surface area contributed by atoms with Crippen LogP contribution in [0.2, 0.25) is 0 Å². The molecule has 6 heteroatoms. The maximum atomic E-state index is 13.8. The highest BCUT2D eigenvalue weighted by molar-refractivity contribution is 5.84. The second-order valence-corrected chi connectivity index (χ2v) is 6.64. The molecule has 22 heavy (non-hydrogen) atoms. The quantitative estimate of drug-likeness (QED) is 0.836. The van der Waals surface area contributed by atoms with E-state index < -0.39 is 29.1 Å². The summed E-state index contributed by atoms with van der Waals surface area (Å²) in [4.78, 5) is 14.1. The zero-order chi connectivity index (χ0) is 16.3. The highest BCUT2D eigenvalue weighted by Crippen LogP contribution is 2.47. The number of hydrogen-bond donors (Lipinski definition) is 0. The molecule has 1 amide bonds. The molecule has 2 bridgehead atoms. The molecule has 120 valence electrons. The molecule has 0 unspecified atom stereocenters. The molecular formula is C16H18F3NO2. The molecule has 0 aliphatic carbocycles. The van der Waals surface area contributed by atoms with Gasteiger partial charge in [0.05, 0.1) is 12.6 Å². The van der Waals surface area contributed by atoms with Crippen molar-refractivity contribution in [1.82, 2.24) is 4.90 Å². The van der Waals surface area contributed by atoms with Crippen LogP contribution in [0.4, 0.5) is 13.2 Å². The van der Waals surface area contributed by atoms with Crippen molar-refractivity contribution in [3.05, 3.63) is 29.6 Å². The number of likely N-dealkylation sites (tertiary alicyclic amines) is 1. The van der Waals surface area contributed by atoms with E-state index in [1.165, 1.54) is 36.9 Å². The average Bonchev–Trinajstić information content (AvgIpc) is 2.76. The lowest BCUT2D eigenvalue weighted by molar-refractivity contribution is -0.163. The zero-order valence-corrected chi connectivity index (χ0v) is 12.7. The molecule has 2 atom stereocenters. The second-order valence-electron chi connectivity index (χ2n) is 6.64. The predicted octanol–water partition coefficient (Wildman–Crippen LogP) is 3.54. The number of benzene rings is 1. The Morgan fingerprint density at radius 3 is 2.64 bits per heavy atom. The number of alkyl halides is 2. The molecule has 0 spiro atoms. The van der Waals surface area contributed by atoms with Gasteiger partial charge in [0.1, 0.15) is 23.1 Å². The van der Waals surface area contributed by atoms with Gasteiger partial charge in [0.25, 0.3) is 5.92 Å². The number of carbonyl (C=O) groups excluding carboxylic acids is 1. The fraction of sp³-hybridized carbons (Fsp3) is 0.562. The number of fused-ring (bicyclic) bond motifs is 4.